The highest BCUT2D eigenvalue weighted by molar-refractivity contribution is 5.24. The molecule has 0 N–H and O–H groups in total. The molecule has 0 amide bonds. The van der Waals surface area contributed by atoms with Gasteiger partial charge in [0.1, 0.15) is 6.26 Å². The fourth-order valence-electron chi connectivity index (χ4n) is 1.16. The molecule has 0 aromatic carbocycles. The van der Waals surface area contributed by atoms with E-state index in [1.807, 2.05) is 0 Å². The average molecular weight is 217 g/mol. The van der Waals surface area contributed by atoms with Crippen LogP contribution in [0, 0.1) is 6.92 Å². The smallest absolute Gasteiger partial charge is 0.363 e. The van der Waals surface area contributed by atoms with Crippen molar-refractivity contribution in [2.24, 2.45) is 0 Å². The summed E-state index contributed by atoms with van der Waals surface area (Å²) in [7, 11) is 0. The lowest BCUT2D eigenvalue weighted by Gasteiger charge is -2.00. The second-order valence-corrected chi connectivity index (χ2v) is 2.94. The number of aromatic nitrogens is 3. The molecule has 0 saturated carbocycles. The zero-order valence-electron chi connectivity index (χ0n) is 7.62. The molecule has 0 aliphatic rings. The minimum Gasteiger partial charge on any atom is -0.363 e. The number of alkyl halides is 3. The molecule has 0 bridgehead atoms. The van der Waals surface area contributed by atoms with Crippen molar-refractivity contribution < 1.29 is 17.7 Å². The van der Waals surface area contributed by atoms with E-state index in [2.05, 4.69) is 14.8 Å². The van der Waals surface area contributed by atoms with Crippen LogP contribution >= 0.6 is 0 Å². The molecule has 0 fully saturated rings. The van der Waals surface area contributed by atoms with Crippen molar-refractivity contribution in [2.45, 2.75) is 13.1 Å². The molecule has 2 aromatic heterocycles. The van der Waals surface area contributed by atoms with Crippen LogP contribution in [0.2, 0.25) is 0 Å². The van der Waals surface area contributed by atoms with Crippen molar-refractivity contribution in [3.63, 3.8) is 0 Å². The molecule has 0 atom stereocenters. The molecular formula is C8H6F3N3O. The van der Waals surface area contributed by atoms with Crippen molar-refractivity contribution in [1.82, 2.24) is 14.9 Å². The zero-order chi connectivity index (χ0) is 11.1. The number of nitrogens with zero attached hydrogens (tertiary/aromatic N) is 3. The highest BCUT2D eigenvalue weighted by atomic mass is 19.4. The summed E-state index contributed by atoms with van der Waals surface area (Å²) in [5.74, 6) is 0.225. The average Bonchev–Trinajstić information content (AvgIpc) is 2.69. The van der Waals surface area contributed by atoms with Crippen LogP contribution in [0.15, 0.2) is 22.9 Å². The van der Waals surface area contributed by atoms with Gasteiger partial charge in [-0.15, -0.1) is 0 Å². The Hall–Kier alpha value is -1.79. The molecular weight excluding hydrogens is 211 g/mol. The van der Waals surface area contributed by atoms with Gasteiger partial charge in [0, 0.05) is 11.8 Å². The molecule has 80 valence electrons. The molecule has 0 aliphatic carbocycles. The molecule has 0 spiro atoms. The van der Waals surface area contributed by atoms with E-state index in [0.717, 1.165) is 10.7 Å². The van der Waals surface area contributed by atoms with Gasteiger partial charge >= 0.3 is 6.18 Å². The lowest BCUT2D eigenvalue weighted by atomic mass is 10.4. The predicted octanol–water partition coefficient (Wildman–Crippen LogP) is 2.19. The molecule has 0 radical (unpaired) electrons. The van der Waals surface area contributed by atoms with Gasteiger partial charge in [-0.1, -0.05) is 5.16 Å². The van der Waals surface area contributed by atoms with Crippen molar-refractivity contribution >= 4 is 0 Å². The molecule has 0 saturated heterocycles. The first-order chi connectivity index (χ1) is 6.98. The number of rotatable bonds is 1. The van der Waals surface area contributed by atoms with Crippen molar-refractivity contribution in [3.8, 4) is 5.82 Å². The van der Waals surface area contributed by atoms with Crippen LogP contribution in [0.3, 0.4) is 0 Å². The van der Waals surface area contributed by atoms with Crippen molar-refractivity contribution in [2.75, 3.05) is 0 Å². The summed E-state index contributed by atoms with van der Waals surface area (Å²) in [4.78, 5) is 0. The molecule has 15 heavy (non-hydrogen) atoms. The Balaban J connectivity index is 2.47. The molecule has 2 aromatic rings. The third-order valence-electron chi connectivity index (χ3n) is 1.82. The van der Waals surface area contributed by atoms with Crippen LogP contribution in [-0.2, 0) is 6.18 Å². The molecule has 7 heteroatoms. The van der Waals surface area contributed by atoms with Gasteiger partial charge in [0.15, 0.2) is 11.5 Å². The number of halogens is 3. The van der Waals surface area contributed by atoms with Gasteiger partial charge in [0.25, 0.3) is 0 Å². The Morgan fingerprint density at radius 1 is 1.40 bits per heavy atom. The zero-order valence-corrected chi connectivity index (χ0v) is 7.62. The highest BCUT2D eigenvalue weighted by Gasteiger charge is 2.34. The van der Waals surface area contributed by atoms with Crippen molar-refractivity contribution in [1.29, 1.82) is 0 Å². The maximum Gasteiger partial charge on any atom is 0.435 e. The van der Waals surface area contributed by atoms with Gasteiger partial charge in [0.05, 0.1) is 0 Å². The molecule has 4 nitrogen and oxygen atoms in total. The van der Waals surface area contributed by atoms with Crippen LogP contribution < -0.4 is 0 Å². The first-order valence-electron chi connectivity index (χ1n) is 4.03. The molecule has 0 aliphatic heterocycles. The van der Waals surface area contributed by atoms with Gasteiger partial charge in [-0.3, -0.25) is 0 Å². The van der Waals surface area contributed by atoms with E-state index < -0.39 is 11.9 Å². The van der Waals surface area contributed by atoms with E-state index in [1.165, 1.54) is 19.3 Å². The van der Waals surface area contributed by atoms with Gasteiger partial charge < -0.3 is 4.52 Å². The van der Waals surface area contributed by atoms with Gasteiger partial charge in [-0.2, -0.15) is 18.3 Å². The molecule has 0 unspecified atom stereocenters. The maximum atomic E-state index is 12.3. The summed E-state index contributed by atoms with van der Waals surface area (Å²) in [5, 5.41) is 6.89. The monoisotopic (exact) mass is 217 g/mol. The van der Waals surface area contributed by atoms with E-state index >= 15 is 0 Å². The van der Waals surface area contributed by atoms with Crippen LogP contribution in [0.25, 0.3) is 5.82 Å². The highest BCUT2D eigenvalue weighted by Crippen LogP contribution is 2.28. The SMILES string of the molecule is Cc1cc(C(F)(F)F)nn1-c1ccon1. The normalized spacial score (nSPS) is 12.0. The van der Waals surface area contributed by atoms with Crippen LogP contribution in [0.1, 0.15) is 11.4 Å². The lowest BCUT2D eigenvalue weighted by molar-refractivity contribution is -0.141. The number of hydrogen-bond donors (Lipinski definition) is 0. The van der Waals surface area contributed by atoms with E-state index in [9.17, 15) is 13.2 Å². The van der Waals surface area contributed by atoms with Crippen LogP contribution in [0.5, 0.6) is 0 Å². The Labute approximate surface area is 82.3 Å². The van der Waals surface area contributed by atoms with E-state index in [-0.39, 0.29) is 5.82 Å². The Morgan fingerprint density at radius 2 is 2.13 bits per heavy atom. The summed E-state index contributed by atoms with van der Waals surface area (Å²) in [6.45, 7) is 1.51. The first-order valence-corrected chi connectivity index (χ1v) is 4.03. The predicted molar refractivity (Wildman–Crippen MR) is 43.4 cm³/mol. The van der Waals surface area contributed by atoms with E-state index in [1.54, 1.807) is 0 Å². The topological polar surface area (TPSA) is 43.9 Å². The summed E-state index contributed by atoms with van der Waals surface area (Å²) >= 11 is 0. The summed E-state index contributed by atoms with van der Waals surface area (Å²) in [6.07, 6.45) is -3.18. The fourth-order valence-corrected chi connectivity index (χ4v) is 1.16. The number of hydrogen-bond acceptors (Lipinski definition) is 3. The minimum absolute atomic E-state index is 0.225. The largest absolute Gasteiger partial charge is 0.435 e. The Kier molecular flexibility index (Phi) is 2.02. The third-order valence-corrected chi connectivity index (χ3v) is 1.82. The van der Waals surface area contributed by atoms with Gasteiger partial charge in [0.2, 0.25) is 0 Å². The summed E-state index contributed by atoms with van der Waals surface area (Å²) in [6, 6.07) is 2.38. The summed E-state index contributed by atoms with van der Waals surface area (Å²) < 4.78 is 42.5. The molecule has 2 rings (SSSR count). The third kappa shape index (κ3) is 1.72. The Morgan fingerprint density at radius 3 is 2.60 bits per heavy atom. The second kappa shape index (κ2) is 3.11. The lowest BCUT2D eigenvalue weighted by Crippen LogP contribution is -2.07. The number of aryl methyl sites for hydroxylation is 1. The maximum absolute atomic E-state index is 12.3. The Bertz CT molecular complexity index is 458. The van der Waals surface area contributed by atoms with Crippen molar-refractivity contribution in [3.05, 3.63) is 29.8 Å². The minimum atomic E-state index is -4.44. The van der Waals surface area contributed by atoms with Gasteiger partial charge in [-0.05, 0) is 13.0 Å². The molecule has 2 heterocycles. The van der Waals surface area contributed by atoms with Crippen LogP contribution in [-0.4, -0.2) is 14.9 Å². The van der Waals surface area contributed by atoms with Crippen LogP contribution in [0.4, 0.5) is 13.2 Å². The van der Waals surface area contributed by atoms with Gasteiger partial charge in [-0.25, -0.2) is 4.68 Å². The standard InChI is InChI=1S/C8H6F3N3O/c1-5-4-6(8(9,10)11)12-14(5)7-2-3-15-13-7/h2-4H,1H3. The second-order valence-electron chi connectivity index (χ2n) is 2.94. The van der Waals surface area contributed by atoms with E-state index in [0.29, 0.717) is 5.69 Å². The first kappa shape index (κ1) is 9.75. The van der Waals surface area contributed by atoms with E-state index in [4.69, 9.17) is 0 Å². The quantitative estimate of drug-likeness (QED) is 0.735. The fraction of sp³-hybridized carbons (Fsp3) is 0.250. The summed E-state index contributed by atoms with van der Waals surface area (Å²) in [5.41, 5.74) is -0.598.